The van der Waals surface area contributed by atoms with Crippen LogP contribution in [0.15, 0.2) is 0 Å². The Morgan fingerprint density at radius 3 is 2.62 bits per heavy atom. The van der Waals surface area contributed by atoms with E-state index in [1.165, 1.54) is 0 Å². The second-order valence-corrected chi connectivity index (χ2v) is 4.38. The molecular weight excluding hydrogens is 164 g/mol. The van der Waals surface area contributed by atoms with Gasteiger partial charge in [-0.25, -0.2) is 5.11 Å². The largest absolute Gasteiger partial charge is 0.378 e. The third-order valence-corrected chi connectivity index (χ3v) is 3.45. The Kier molecular flexibility index (Phi) is 2.89. The van der Waals surface area contributed by atoms with Gasteiger partial charge in [0.2, 0.25) is 0 Å². The van der Waals surface area contributed by atoms with Crippen molar-refractivity contribution in [3.63, 3.8) is 0 Å². The van der Waals surface area contributed by atoms with E-state index in [2.05, 4.69) is 6.92 Å². The van der Waals surface area contributed by atoms with E-state index >= 15 is 0 Å². The second-order valence-electron chi connectivity index (χ2n) is 4.38. The molecule has 2 rings (SSSR count). The third-order valence-electron chi connectivity index (χ3n) is 3.45. The van der Waals surface area contributed by atoms with Crippen molar-refractivity contribution in [2.75, 3.05) is 6.61 Å². The summed E-state index contributed by atoms with van der Waals surface area (Å²) in [7, 11) is 0. The van der Waals surface area contributed by atoms with Gasteiger partial charge in [0.15, 0.2) is 0 Å². The molecule has 0 amide bonds. The van der Waals surface area contributed by atoms with Gasteiger partial charge in [-0.05, 0) is 37.5 Å². The van der Waals surface area contributed by atoms with Crippen molar-refractivity contribution in [2.24, 2.45) is 11.8 Å². The van der Waals surface area contributed by atoms with E-state index in [9.17, 15) is 5.11 Å². The van der Waals surface area contributed by atoms with Crippen LogP contribution in [-0.4, -0.2) is 18.8 Å². The summed E-state index contributed by atoms with van der Waals surface area (Å²) in [6, 6.07) is 0. The van der Waals surface area contributed by atoms with Crippen molar-refractivity contribution in [1.82, 2.24) is 0 Å². The van der Waals surface area contributed by atoms with Crippen LogP contribution in [0.2, 0.25) is 0 Å². The molecule has 0 aromatic heterocycles. The molecule has 13 heavy (non-hydrogen) atoms. The van der Waals surface area contributed by atoms with Crippen LogP contribution in [0.1, 0.15) is 32.1 Å². The second kappa shape index (κ2) is 3.97. The Morgan fingerprint density at radius 2 is 2.08 bits per heavy atom. The summed E-state index contributed by atoms with van der Waals surface area (Å²) in [5, 5.41) is 11.3. The lowest BCUT2D eigenvalue weighted by atomic mass is 9.95. The lowest BCUT2D eigenvalue weighted by Gasteiger charge is -2.24. The smallest absolute Gasteiger partial charge is 0.0962 e. The van der Waals surface area contributed by atoms with E-state index in [4.69, 9.17) is 4.74 Å². The van der Waals surface area contributed by atoms with Crippen molar-refractivity contribution in [1.29, 1.82) is 0 Å². The molecule has 0 aliphatic heterocycles. The fraction of sp³-hybridized carbons (Fsp3) is 0.909. The van der Waals surface area contributed by atoms with Gasteiger partial charge in [-0.2, -0.15) is 0 Å². The molecule has 4 atom stereocenters. The summed E-state index contributed by atoms with van der Waals surface area (Å²) in [6.45, 7) is 4.61. The fourth-order valence-corrected chi connectivity index (χ4v) is 2.71. The third kappa shape index (κ3) is 1.89. The van der Waals surface area contributed by atoms with Crippen LogP contribution >= 0.6 is 0 Å². The van der Waals surface area contributed by atoms with Gasteiger partial charge in [0.1, 0.15) is 0 Å². The highest BCUT2D eigenvalue weighted by molar-refractivity contribution is 4.95. The summed E-state index contributed by atoms with van der Waals surface area (Å²) in [4.78, 5) is 0. The molecule has 2 radical (unpaired) electrons. The highest BCUT2D eigenvalue weighted by Gasteiger charge is 2.46. The maximum absolute atomic E-state index is 11.3. The van der Waals surface area contributed by atoms with Gasteiger partial charge in [-0.1, -0.05) is 13.3 Å². The summed E-state index contributed by atoms with van der Waals surface area (Å²) in [5.74, 6) is 1.01. The van der Waals surface area contributed by atoms with Gasteiger partial charge in [-0.15, -0.1) is 0 Å². The molecule has 0 saturated heterocycles. The first-order valence-electron chi connectivity index (χ1n) is 5.38. The maximum atomic E-state index is 11.3. The standard InChI is InChI=1S/C11H18O2/c1-2-3-4-13-11-7-8-5-9(11)6-10(8)12/h8-11H,1-7H2. The van der Waals surface area contributed by atoms with Crippen LogP contribution in [0.25, 0.3) is 0 Å². The first kappa shape index (κ1) is 9.47. The molecule has 2 nitrogen and oxygen atoms in total. The average Bonchev–Trinajstić information content (AvgIpc) is 2.63. The Bertz CT molecular complexity index is 167. The highest BCUT2D eigenvalue weighted by Crippen LogP contribution is 2.46. The quantitative estimate of drug-likeness (QED) is 0.613. The zero-order valence-electron chi connectivity index (χ0n) is 8.08. The van der Waals surface area contributed by atoms with Crippen LogP contribution < -0.4 is 0 Å². The molecule has 0 aromatic carbocycles. The predicted molar refractivity (Wildman–Crippen MR) is 49.6 cm³/mol. The van der Waals surface area contributed by atoms with Crippen LogP contribution in [0, 0.1) is 18.8 Å². The minimum Gasteiger partial charge on any atom is -0.378 e. The molecule has 2 aliphatic rings. The topological polar surface area (TPSA) is 29.1 Å². The lowest BCUT2D eigenvalue weighted by molar-refractivity contribution is -0.0312. The van der Waals surface area contributed by atoms with Crippen LogP contribution in [0.3, 0.4) is 0 Å². The zero-order valence-corrected chi connectivity index (χ0v) is 8.08. The molecule has 2 saturated carbocycles. The van der Waals surface area contributed by atoms with Crippen LogP contribution in [0.5, 0.6) is 0 Å². The molecule has 2 heteroatoms. The molecule has 0 N–H and O–H groups in total. The average molecular weight is 182 g/mol. The molecule has 0 heterocycles. The van der Waals surface area contributed by atoms with E-state index in [-0.39, 0.29) is 6.10 Å². The minimum absolute atomic E-state index is 0.280. The first-order valence-corrected chi connectivity index (χ1v) is 5.38. The van der Waals surface area contributed by atoms with Gasteiger partial charge in [0, 0.05) is 6.61 Å². The monoisotopic (exact) mass is 182 g/mol. The molecule has 0 aromatic rings. The Balaban J connectivity index is 1.73. The van der Waals surface area contributed by atoms with Gasteiger partial charge >= 0.3 is 0 Å². The Hall–Kier alpha value is -0.0800. The molecule has 2 bridgehead atoms. The molecule has 74 valence electrons. The number of rotatable bonds is 4. The summed E-state index contributed by atoms with van der Waals surface area (Å²) in [6.07, 6.45) is 5.14. The first-order chi connectivity index (χ1) is 6.31. The summed E-state index contributed by atoms with van der Waals surface area (Å²) >= 11 is 0. The van der Waals surface area contributed by atoms with E-state index in [0.29, 0.717) is 17.9 Å². The van der Waals surface area contributed by atoms with Crippen molar-refractivity contribution in [2.45, 2.75) is 44.3 Å². The van der Waals surface area contributed by atoms with E-state index < -0.39 is 0 Å². The summed E-state index contributed by atoms with van der Waals surface area (Å²) in [5.41, 5.74) is 0. The normalized spacial score (nSPS) is 42.9. The van der Waals surface area contributed by atoms with Crippen molar-refractivity contribution < 1.29 is 9.84 Å². The number of ether oxygens (including phenoxy) is 1. The van der Waals surface area contributed by atoms with Gasteiger partial charge < -0.3 is 4.74 Å². The Labute approximate surface area is 80.3 Å². The van der Waals surface area contributed by atoms with Crippen LogP contribution in [-0.2, 0) is 9.84 Å². The van der Waals surface area contributed by atoms with E-state index in [1.54, 1.807) is 0 Å². The SMILES string of the molecule is [CH2]CCCOC1CC2CC1CC2[O]. The van der Waals surface area contributed by atoms with Crippen molar-refractivity contribution >= 4 is 0 Å². The zero-order chi connectivity index (χ0) is 9.26. The molecule has 2 aliphatic carbocycles. The number of hydrogen-bond donors (Lipinski definition) is 0. The molecular formula is C11H18O2. The van der Waals surface area contributed by atoms with Crippen LogP contribution in [0.4, 0.5) is 0 Å². The van der Waals surface area contributed by atoms with Crippen molar-refractivity contribution in [3.8, 4) is 0 Å². The van der Waals surface area contributed by atoms with Crippen molar-refractivity contribution in [3.05, 3.63) is 6.92 Å². The van der Waals surface area contributed by atoms with E-state index in [0.717, 1.165) is 38.7 Å². The highest BCUT2D eigenvalue weighted by atomic mass is 16.5. The molecule has 4 unspecified atom stereocenters. The number of fused-ring (bicyclic) bond motifs is 2. The maximum Gasteiger partial charge on any atom is 0.0962 e. The van der Waals surface area contributed by atoms with Gasteiger partial charge in [-0.3, -0.25) is 0 Å². The van der Waals surface area contributed by atoms with E-state index in [1.807, 2.05) is 0 Å². The Morgan fingerprint density at radius 1 is 1.23 bits per heavy atom. The lowest BCUT2D eigenvalue weighted by Crippen LogP contribution is -2.27. The fourth-order valence-electron chi connectivity index (χ4n) is 2.71. The molecule has 0 spiro atoms. The number of unbranched alkanes of at least 4 members (excludes halogenated alkanes) is 1. The predicted octanol–water partition coefficient (Wildman–Crippen LogP) is 2.21. The summed E-state index contributed by atoms with van der Waals surface area (Å²) < 4.78 is 5.75. The van der Waals surface area contributed by atoms with Gasteiger partial charge in [0.25, 0.3) is 0 Å². The minimum atomic E-state index is -0.280. The molecule has 2 fully saturated rings. The number of hydrogen-bond acceptors (Lipinski definition) is 1. The van der Waals surface area contributed by atoms with Gasteiger partial charge in [0.05, 0.1) is 12.2 Å².